The Morgan fingerprint density at radius 2 is 1.91 bits per heavy atom. The van der Waals surface area contributed by atoms with Crippen molar-refractivity contribution in [3.63, 3.8) is 0 Å². The molecule has 1 fully saturated rings. The molecule has 1 saturated heterocycles. The summed E-state index contributed by atoms with van der Waals surface area (Å²) < 4.78 is 19.0. The summed E-state index contributed by atoms with van der Waals surface area (Å²) in [5.74, 6) is 0.486. The number of anilines is 1. The molecule has 0 aromatic heterocycles. The Morgan fingerprint density at radius 3 is 2.72 bits per heavy atom. The minimum Gasteiger partial charge on any atom is -0.497 e. The fraction of sp³-hybridized carbons (Fsp3) is 0.200. The van der Waals surface area contributed by atoms with Crippen LogP contribution >= 0.6 is 11.8 Å². The first-order valence-corrected chi connectivity index (χ1v) is 11.3. The van der Waals surface area contributed by atoms with Gasteiger partial charge >= 0.3 is 0 Å². The third kappa shape index (κ3) is 3.15. The molecule has 7 heteroatoms. The van der Waals surface area contributed by atoms with Crippen LogP contribution in [0.2, 0.25) is 0 Å². The standard InChI is InChI=1S/C25H21FN2O3S/c1-31-20-9-5-7-18(15-20)23(29)28-12-13-32-25(28)21-10-2-3-11-22(21)27(24(25)30)16-17-6-4-8-19(26)14-17/h2-11,14-15H,12-13,16H2,1H3. The van der Waals surface area contributed by atoms with Crippen LogP contribution in [0, 0.1) is 5.82 Å². The van der Waals surface area contributed by atoms with E-state index in [9.17, 15) is 14.0 Å². The number of halogens is 1. The van der Waals surface area contributed by atoms with Crippen LogP contribution in [-0.2, 0) is 16.2 Å². The van der Waals surface area contributed by atoms with E-state index in [0.717, 1.165) is 11.3 Å². The SMILES string of the molecule is COc1cccc(C(=O)N2CCSC23C(=O)N(Cc2cccc(F)c2)c2ccccc23)c1. The minimum atomic E-state index is -1.13. The highest BCUT2D eigenvalue weighted by molar-refractivity contribution is 8.01. The van der Waals surface area contributed by atoms with E-state index < -0.39 is 4.87 Å². The molecule has 2 heterocycles. The average Bonchev–Trinajstić information content (AvgIpc) is 3.36. The molecular weight excluding hydrogens is 427 g/mol. The smallest absolute Gasteiger partial charge is 0.268 e. The van der Waals surface area contributed by atoms with Gasteiger partial charge in [-0.2, -0.15) is 0 Å². The second-order valence-electron chi connectivity index (χ2n) is 7.72. The highest BCUT2D eigenvalue weighted by Crippen LogP contribution is 2.54. The van der Waals surface area contributed by atoms with Gasteiger partial charge in [0.15, 0.2) is 4.87 Å². The van der Waals surface area contributed by atoms with Crippen molar-refractivity contribution in [2.75, 3.05) is 24.3 Å². The molecule has 32 heavy (non-hydrogen) atoms. The van der Waals surface area contributed by atoms with Gasteiger partial charge in [-0.15, -0.1) is 11.8 Å². The monoisotopic (exact) mass is 448 g/mol. The number of benzene rings is 3. The zero-order valence-corrected chi connectivity index (χ0v) is 18.3. The van der Waals surface area contributed by atoms with Gasteiger partial charge in [0.25, 0.3) is 11.8 Å². The Hall–Kier alpha value is -3.32. The summed E-state index contributed by atoms with van der Waals surface area (Å²) in [7, 11) is 1.55. The summed E-state index contributed by atoms with van der Waals surface area (Å²) in [4.78, 5) is 29.7. The second kappa shape index (κ2) is 7.98. The van der Waals surface area contributed by atoms with Crippen LogP contribution in [-0.4, -0.2) is 36.1 Å². The first-order valence-electron chi connectivity index (χ1n) is 10.3. The lowest BCUT2D eigenvalue weighted by Crippen LogP contribution is -2.50. The Morgan fingerprint density at radius 1 is 1.09 bits per heavy atom. The number of fused-ring (bicyclic) bond motifs is 2. The number of ether oxygens (including phenoxy) is 1. The highest BCUT2D eigenvalue weighted by Gasteiger charge is 2.59. The maximum atomic E-state index is 13.9. The maximum Gasteiger partial charge on any atom is 0.268 e. The van der Waals surface area contributed by atoms with Gasteiger partial charge < -0.3 is 14.5 Å². The van der Waals surface area contributed by atoms with Gasteiger partial charge in [-0.1, -0.05) is 36.4 Å². The van der Waals surface area contributed by atoms with Gasteiger partial charge in [0, 0.05) is 23.4 Å². The molecule has 5 nitrogen and oxygen atoms in total. The second-order valence-corrected chi connectivity index (χ2v) is 9.01. The van der Waals surface area contributed by atoms with Crippen molar-refractivity contribution in [1.29, 1.82) is 0 Å². The van der Waals surface area contributed by atoms with E-state index in [1.807, 2.05) is 24.3 Å². The number of methoxy groups -OCH3 is 1. The number of para-hydroxylation sites is 1. The molecule has 0 saturated carbocycles. The number of nitrogens with zero attached hydrogens (tertiary/aromatic N) is 2. The normalized spacial score (nSPS) is 19.5. The van der Waals surface area contributed by atoms with Gasteiger partial charge in [0.2, 0.25) is 0 Å². The molecule has 3 aromatic carbocycles. The van der Waals surface area contributed by atoms with Crippen molar-refractivity contribution in [1.82, 2.24) is 4.90 Å². The van der Waals surface area contributed by atoms with Crippen LogP contribution < -0.4 is 9.64 Å². The Balaban J connectivity index is 1.56. The fourth-order valence-electron chi connectivity index (χ4n) is 4.45. The molecule has 3 aromatic rings. The van der Waals surface area contributed by atoms with E-state index in [4.69, 9.17) is 4.74 Å². The molecule has 2 aliphatic rings. The largest absolute Gasteiger partial charge is 0.497 e. The maximum absolute atomic E-state index is 13.9. The highest BCUT2D eigenvalue weighted by atomic mass is 32.2. The summed E-state index contributed by atoms with van der Waals surface area (Å²) in [5, 5.41) is 0. The third-order valence-corrected chi connectivity index (χ3v) is 7.31. The van der Waals surface area contributed by atoms with Crippen molar-refractivity contribution in [2.24, 2.45) is 0 Å². The molecule has 0 aliphatic carbocycles. The number of carbonyl (C=O) groups is 2. The summed E-state index contributed by atoms with van der Waals surface area (Å²) in [6.07, 6.45) is 0. The average molecular weight is 449 g/mol. The van der Waals surface area contributed by atoms with E-state index >= 15 is 0 Å². The predicted molar refractivity (Wildman–Crippen MR) is 122 cm³/mol. The van der Waals surface area contributed by atoms with Crippen LogP contribution in [0.25, 0.3) is 0 Å². The van der Waals surface area contributed by atoms with Gasteiger partial charge in [-0.05, 0) is 42.0 Å². The molecule has 5 rings (SSSR count). The fourth-order valence-corrected chi connectivity index (χ4v) is 5.92. The molecule has 0 radical (unpaired) electrons. The number of hydrogen-bond donors (Lipinski definition) is 0. The Kier molecular flexibility index (Phi) is 5.13. The number of rotatable bonds is 4. The van der Waals surface area contributed by atoms with Crippen molar-refractivity contribution in [3.05, 3.63) is 95.3 Å². The number of carbonyl (C=O) groups excluding carboxylic acids is 2. The minimum absolute atomic E-state index is 0.179. The molecule has 162 valence electrons. The quantitative estimate of drug-likeness (QED) is 0.593. The first kappa shape index (κ1) is 20.6. The summed E-state index contributed by atoms with van der Waals surface area (Å²) in [5.41, 5.74) is 2.71. The lowest BCUT2D eigenvalue weighted by molar-refractivity contribution is -0.123. The molecule has 0 N–H and O–H groups in total. The van der Waals surface area contributed by atoms with E-state index in [1.165, 1.54) is 23.9 Å². The van der Waals surface area contributed by atoms with E-state index in [0.29, 0.717) is 29.2 Å². The van der Waals surface area contributed by atoms with Gasteiger partial charge in [0.1, 0.15) is 11.6 Å². The zero-order valence-electron chi connectivity index (χ0n) is 17.5. The molecule has 2 aliphatic heterocycles. The molecule has 1 spiro atoms. The molecular formula is C25H21FN2O3S. The van der Waals surface area contributed by atoms with Crippen LogP contribution in [0.1, 0.15) is 21.5 Å². The van der Waals surface area contributed by atoms with E-state index in [1.54, 1.807) is 53.3 Å². The Bertz CT molecular complexity index is 1220. The van der Waals surface area contributed by atoms with Crippen LogP contribution in [0.5, 0.6) is 5.75 Å². The lowest BCUT2D eigenvalue weighted by atomic mass is 10.0. The van der Waals surface area contributed by atoms with Crippen molar-refractivity contribution in [3.8, 4) is 5.75 Å². The summed E-state index contributed by atoms with van der Waals surface area (Å²) in [6.45, 7) is 0.686. The lowest BCUT2D eigenvalue weighted by Gasteiger charge is -2.33. The topological polar surface area (TPSA) is 49.9 Å². The van der Waals surface area contributed by atoms with Crippen LogP contribution in [0.3, 0.4) is 0 Å². The van der Waals surface area contributed by atoms with Gasteiger partial charge in [-0.3, -0.25) is 9.59 Å². The molecule has 2 amide bonds. The van der Waals surface area contributed by atoms with Gasteiger partial charge in [-0.25, -0.2) is 4.39 Å². The van der Waals surface area contributed by atoms with Crippen molar-refractivity contribution < 1.29 is 18.7 Å². The van der Waals surface area contributed by atoms with Crippen LogP contribution in [0.4, 0.5) is 10.1 Å². The predicted octanol–water partition coefficient (Wildman–Crippen LogP) is 4.42. The third-order valence-electron chi connectivity index (χ3n) is 5.89. The zero-order chi connectivity index (χ0) is 22.3. The summed E-state index contributed by atoms with van der Waals surface area (Å²) >= 11 is 1.47. The summed E-state index contributed by atoms with van der Waals surface area (Å²) in [6, 6.07) is 20.8. The van der Waals surface area contributed by atoms with Crippen LogP contribution in [0.15, 0.2) is 72.8 Å². The van der Waals surface area contributed by atoms with E-state index in [-0.39, 0.29) is 24.2 Å². The van der Waals surface area contributed by atoms with E-state index in [2.05, 4.69) is 0 Å². The number of thioether (sulfide) groups is 1. The molecule has 1 unspecified atom stereocenters. The number of hydrogen-bond acceptors (Lipinski definition) is 4. The van der Waals surface area contributed by atoms with Gasteiger partial charge in [0.05, 0.1) is 19.3 Å². The molecule has 1 atom stereocenters. The first-order chi connectivity index (χ1) is 15.5. The van der Waals surface area contributed by atoms with Crippen molar-refractivity contribution in [2.45, 2.75) is 11.4 Å². The Labute approximate surface area is 189 Å². The van der Waals surface area contributed by atoms with Crippen molar-refractivity contribution >= 4 is 29.3 Å². The molecule has 0 bridgehead atoms. The number of amides is 2.